The van der Waals surface area contributed by atoms with E-state index in [4.69, 9.17) is 12.2 Å². The lowest BCUT2D eigenvalue weighted by molar-refractivity contribution is 0.160. The van der Waals surface area contributed by atoms with Gasteiger partial charge in [0.2, 0.25) is 0 Å². The zero-order valence-corrected chi connectivity index (χ0v) is 12.3. The van der Waals surface area contributed by atoms with Crippen molar-refractivity contribution in [3.05, 3.63) is 0 Å². The molecule has 19 heavy (non-hydrogen) atoms. The van der Waals surface area contributed by atoms with Crippen molar-refractivity contribution >= 4 is 11.9 Å². The number of amides is 2. The normalized spacial score (nSPS) is 24.2. The van der Waals surface area contributed by atoms with Crippen LogP contribution in [0.4, 0.5) is 4.79 Å². The van der Waals surface area contributed by atoms with E-state index in [-0.39, 0.29) is 12.1 Å². The lowest BCUT2D eigenvalue weighted by atomic mass is 9.90. The summed E-state index contributed by atoms with van der Waals surface area (Å²) in [7, 11) is 0. The van der Waals surface area contributed by atoms with Crippen molar-refractivity contribution in [1.82, 2.24) is 4.90 Å². The summed E-state index contributed by atoms with van der Waals surface area (Å²) in [5.74, 6) is 3.00. The molecule has 0 saturated carbocycles. The number of unbranched alkanes of at least 4 members (excludes halogenated alkanes) is 4. The maximum Gasteiger partial charge on any atom is 0.347 e. The SMILES string of the molecule is C#CC(C)N1C(=O)N=C(N)C1(C)CCCCCCC. The van der Waals surface area contributed by atoms with Crippen LogP contribution < -0.4 is 5.73 Å². The van der Waals surface area contributed by atoms with Gasteiger partial charge in [0.25, 0.3) is 0 Å². The van der Waals surface area contributed by atoms with Crippen LogP contribution in [-0.2, 0) is 0 Å². The van der Waals surface area contributed by atoms with Crippen LogP contribution in [0.1, 0.15) is 59.3 Å². The van der Waals surface area contributed by atoms with Gasteiger partial charge in [0, 0.05) is 0 Å². The zero-order chi connectivity index (χ0) is 14.5. The number of urea groups is 1. The maximum absolute atomic E-state index is 11.9. The van der Waals surface area contributed by atoms with Gasteiger partial charge in [0.15, 0.2) is 0 Å². The predicted molar refractivity (Wildman–Crippen MR) is 78.9 cm³/mol. The number of aliphatic imine (C=N–C) groups is 1. The molecule has 0 aromatic carbocycles. The Kier molecular flexibility index (Phi) is 5.41. The Morgan fingerprint density at radius 2 is 2.05 bits per heavy atom. The van der Waals surface area contributed by atoms with Crippen molar-refractivity contribution in [2.45, 2.75) is 70.9 Å². The van der Waals surface area contributed by atoms with Gasteiger partial charge < -0.3 is 5.73 Å². The average Bonchev–Trinajstić information content (AvgIpc) is 2.59. The number of rotatable bonds is 7. The van der Waals surface area contributed by atoms with Crippen molar-refractivity contribution in [2.75, 3.05) is 0 Å². The van der Waals surface area contributed by atoms with Crippen LogP contribution in [0.25, 0.3) is 0 Å². The lowest BCUT2D eigenvalue weighted by Crippen LogP contribution is -2.54. The number of carbonyl (C=O) groups is 1. The fraction of sp³-hybridized carbons (Fsp3) is 0.733. The summed E-state index contributed by atoms with van der Waals surface area (Å²) in [5, 5.41) is 0. The van der Waals surface area contributed by atoms with Crippen LogP contribution in [0.5, 0.6) is 0 Å². The molecule has 0 fully saturated rings. The molecule has 1 aliphatic rings. The molecule has 1 aliphatic heterocycles. The first-order valence-electron chi connectivity index (χ1n) is 7.11. The highest BCUT2D eigenvalue weighted by Crippen LogP contribution is 2.30. The zero-order valence-electron chi connectivity index (χ0n) is 12.3. The Morgan fingerprint density at radius 1 is 1.42 bits per heavy atom. The third-order valence-electron chi connectivity index (χ3n) is 3.90. The smallest absolute Gasteiger partial charge is 0.347 e. The minimum Gasteiger partial charge on any atom is -0.385 e. The molecule has 2 unspecified atom stereocenters. The molecule has 0 saturated heterocycles. The molecule has 0 spiro atoms. The number of amidine groups is 1. The van der Waals surface area contributed by atoms with Gasteiger partial charge in [-0.1, -0.05) is 44.9 Å². The number of hydrogen-bond donors (Lipinski definition) is 1. The van der Waals surface area contributed by atoms with E-state index in [1.165, 1.54) is 19.3 Å². The van der Waals surface area contributed by atoms with E-state index >= 15 is 0 Å². The lowest BCUT2D eigenvalue weighted by Gasteiger charge is -2.37. The van der Waals surface area contributed by atoms with E-state index in [0.29, 0.717) is 5.84 Å². The van der Waals surface area contributed by atoms with Crippen LogP contribution in [0.2, 0.25) is 0 Å². The number of hydrogen-bond acceptors (Lipinski definition) is 2. The van der Waals surface area contributed by atoms with E-state index in [0.717, 1.165) is 19.3 Å². The molecule has 1 rings (SSSR count). The van der Waals surface area contributed by atoms with Gasteiger partial charge in [-0.2, -0.15) is 4.99 Å². The molecule has 106 valence electrons. The number of nitrogens with two attached hydrogens (primary N) is 1. The molecule has 0 aromatic rings. The molecule has 0 bridgehead atoms. The van der Waals surface area contributed by atoms with Crippen molar-refractivity contribution in [2.24, 2.45) is 10.7 Å². The summed E-state index contributed by atoms with van der Waals surface area (Å²) in [6.07, 6.45) is 12.2. The summed E-state index contributed by atoms with van der Waals surface area (Å²) < 4.78 is 0. The summed E-state index contributed by atoms with van der Waals surface area (Å²) in [5.41, 5.74) is 5.43. The van der Waals surface area contributed by atoms with E-state index in [1.54, 1.807) is 4.90 Å². The average molecular weight is 263 g/mol. The summed E-state index contributed by atoms with van der Waals surface area (Å²) in [6.45, 7) is 5.99. The molecular formula is C15H25N3O. The van der Waals surface area contributed by atoms with Gasteiger partial charge in [-0.05, 0) is 20.3 Å². The van der Waals surface area contributed by atoms with Crippen molar-refractivity contribution in [3.63, 3.8) is 0 Å². The molecule has 1 heterocycles. The summed E-state index contributed by atoms with van der Waals surface area (Å²) in [4.78, 5) is 17.4. The van der Waals surface area contributed by atoms with Crippen LogP contribution in [0.3, 0.4) is 0 Å². The molecule has 0 aromatic heterocycles. The minimum absolute atomic E-state index is 0.280. The Bertz CT molecular complexity index is 397. The van der Waals surface area contributed by atoms with Crippen LogP contribution in [0.15, 0.2) is 4.99 Å². The highest BCUT2D eigenvalue weighted by molar-refractivity contribution is 6.05. The number of carbonyl (C=O) groups excluding carboxylic acids is 1. The minimum atomic E-state index is -0.519. The van der Waals surface area contributed by atoms with Crippen molar-refractivity contribution in [3.8, 4) is 12.3 Å². The molecule has 2 N–H and O–H groups in total. The topological polar surface area (TPSA) is 58.7 Å². The largest absolute Gasteiger partial charge is 0.385 e. The molecule has 2 amide bonds. The fourth-order valence-corrected chi connectivity index (χ4v) is 2.60. The fourth-order valence-electron chi connectivity index (χ4n) is 2.60. The van der Waals surface area contributed by atoms with Crippen LogP contribution in [0, 0.1) is 12.3 Å². The Morgan fingerprint density at radius 3 is 2.63 bits per heavy atom. The van der Waals surface area contributed by atoms with E-state index in [2.05, 4.69) is 17.8 Å². The predicted octanol–water partition coefficient (Wildman–Crippen LogP) is 2.92. The highest BCUT2D eigenvalue weighted by Gasteiger charge is 2.45. The second-order valence-electron chi connectivity index (χ2n) is 5.43. The van der Waals surface area contributed by atoms with Gasteiger partial charge in [-0.25, -0.2) is 4.79 Å². The standard InChI is InChI=1S/C15H25N3O/c1-5-7-8-9-10-11-15(4)13(16)17-14(19)18(15)12(3)6-2/h2,12H,5,7-11H2,1,3-4H3,(H2,16,17,19). The Labute approximate surface area is 116 Å². The van der Waals surface area contributed by atoms with Gasteiger partial charge in [-0.3, -0.25) is 4.90 Å². The van der Waals surface area contributed by atoms with Crippen molar-refractivity contribution < 1.29 is 4.79 Å². The molecule has 0 aliphatic carbocycles. The first-order chi connectivity index (χ1) is 8.97. The quantitative estimate of drug-likeness (QED) is 0.567. The van der Waals surface area contributed by atoms with E-state index in [9.17, 15) is 4.79 Å². The van der Waals surface area contributed by atoms with Gasteiger partial charge in [0.05, 0.1) is 6.04 Å². The second kappa shape index (κ2) is 6.60. The summed E-state index contributed by atoms with van der Waals surface area (Å²) >= 11 is 0. The van der Waals surface area contributed by atoms with Gasteiger partial charge in [-0.15, -0.1) is 6.42 Å². The molecule has 0 radical (unpaired) electrons. The van der Waals surface area contributed by atoms with E-state index < -0.39 is 5.54 Å². The summed E-state index contributed by atoms with van der Waals surface area (Å²) in [6, 6.07) is -0.586. The molecule has 2 atom stereocenters. The Hall–Kier alpha value is -1.50. The second-order valence-corrected chi connectivity index (χ2v) is 5.43. The third kappa shape index (κ3) is 3.28. The maximum atomic E-state index is 11.9. The van der Waals surface area contributed by atoms with Gasteiger partial charge in [0.1, 0.15) is 11.4 Å². The molecule has 4 nitrogen and oxygen atoms in total. The van der Waals surface area contributed by atoms with Crippen LogP contribution in [-0.4, -0.2) is 28.3 Å². The van der Waals surface area contributed by atoms with Crippen LogP contribution >= 0.6 is 0 Å². The number of nitrogens with zero attached hydrogens (tertiary/aromatic N) is 2. The van der Waals surface area contributed by atoms with Gasteiger partial charge >= 0.3 is 6.03 Å². The number of terminal acetylenes is 1. The molecular weight excluding hydrogens is 238 g/mol. The highest BCUT2D eigenvalue weighted by atomic mass is 16.2. The Balaban J connectivity index is 2.67. The van der Waals surface area contributed by atoms with E-state index in [1.807, 2.05) is 13.8 Å². The van der Waals surface area contributed by atoms with Crippen molar-refractivity contribution in [1.29, 1.82) is 0 Å². The monoisotopic (exact) mass is 263 g/mol. The first-order valence-corrected chi connectivity index (χ1v) is 7.11. The third-order valence-corrected chi connectivity index (χ3v) is 3.90. The first kappa shape index (κ1) is 15.6. The molecule has 4 heteroatoms.